The van der Waals surface area contributed by atoms with Crippen molar-refractivity contribution in [2.45, 2.75) is 25.8 Å². The molecule has 1 atom stereocenters. The highest BCUT2D eigenvalue weighted by molar-refractivity contribution is 7.91. The number of aromatic nitrogens is 1. The minimum absolute atomic E-state index is 0.0379. The average molecular weight is 305 g/mol. The van der Waals surface area contributed by atoms with Crippen molar-refractivity contribution in [2.24, 2.45) is 0 Å². The predicted octanol–water partition coefficient (Wildman–Crippen LogP) is 2.11. The monoisotopic (exact) mass is 305 g/mol. The number of nitrogens with two attached hydrogens (primary N) is 1. The molecule has 5 nitrogen and oxygen atoms in total. The molecule has 112 valence electrons. The maximum Gasteiger partial charge on any atom is 0.152 e. The molecule has 1 aliphatic heterocycles. The number of benzene rings is 1. The zero-order valence-corrected chi connectivity index (χ0v) is 12.8. The highest BCUT2D eigenvalue weighted by Crippen LogP contribution is 2.30. The summed E-state index contributed by atoms with van der Waals surface area (Å²) < 4.78 is 23.5. The molecular weight excluding hydrogens is 286 g/mol. The number of fused-ring (bicyclic) bond motifs is 1. The Hall–Kier alpha value is -1.82. The van der Waals surface area contributed by atoms with E-state index in [0.29, 0.717) is 17.9 Å². The first kappa shape index (κ1) is 14.1. The average Bonchev–Trinajstić information content (AvgIpc) is 2.41. The summed E-state index contributed by atoms with van der Waals surface area (Å²) >= 11 is 0. The molecule has 21 heavy (non-hydrogen) atoms. The van der Waals surface area contributed by atoms with Crippen LogP contribution in [0.3, 0.4) is 0 Å². The molecule has 6 heteroatoms. The van der Waals surface area contributed by atoms with E-state index >= 15 is 0 Å². The molecule has 0 bridgehead atoms. The second-order valence-corrected chi connectivity index (χ2v) is 7.90. The van der Waals surface area contributed by atoms with Crippen molar-refractivity contribution in [3.63, 3.8) is 0 Å². The Bertz CT molecular complexity index is 787. The number of hydrogen-bond donors (Lipinski definition) is 2. The van der Waals surface area contributed by atoms with Gasteiger partial charge in [0.15, 0.2) is 9.84 Å². The minimum Gasteiger partial charge on any atom is -0.398 e. The molecule has 0 aliphatic carbocycles. The van der Waals surface area contributed by atoms with Gasteiger partial charge >= 0.3 is 0 Å². The Labute approximate surface area is 124 Å². The lowest BCUT2D eigenvalue weighted by atomic mass is 10.1. The Kier molecular flexibility index (Phi) is 3.49. The first-order valence-electron chi connectivity index (χ1n) is 7.06. The van der Waals surface area contributed by atoms with Gasteiger partial charge in [-0.25, -0.2) is 8.42 Å². The second kappa shape index (κ2) is 5.18. The van der Waals surface area contributed by atoms with Crippen LogP contribution in [0.15, 0.2) is 24.4 Å². The van der Waals surface area contributed by atoms with E-state index < -0.39 is 9.84 Å². The van der Waals surface area contributed by atoms with Crippen LogP contribution < -0.4 is 11.1 Å². The summed E-state index contributed by atoms with van der Waals surface area (Å²) in [5.74, 6) is 0.500. The van der Waals surface area contributed by atoms with Gasteiger partial charge in [-0.15, -0.1) is 0 Å². The lowest BCUT2D eigenvalue weighted by Crippen LogP contribution is -2.34. The molecule has 1 aromatic heterocycles. The molecule has 1 aliphatic rings. The van der Waals surface area contributed by atoms with E-state index in [2.05, 4.69) is 10.3 Å². The second-order valence-electron chi connectivity index (χ2n) is 5.67. The third kappa shape index (κ3) is 2.95. The number of nitrogens with one attached hydrogen (secondary N) is 1. The number of sulfone groups is 1. The predicted molar refractivity (Wildman–Crippen MR) is 86.2 cm³/mol. The summed E-state index contributed by atoms with van der Waals surface area (Å²) in [6.07, 6.45) is 3.35. The van der Waals surface area contributed by atoms with Crippen LogP contribution in [0.2, 0.25) is 0 Å². The SMILES string of the molecule is Cc1cc2c(NC3CCCS(=O)(=O)C3)ccc(N)c2cn1. The van der Waals surface area contributed by atoms with Crippen molar-refractivity contribution in [3.05, 3.63) is 30.1 Å². The summed E-state index contributed by atoms with van der Waals surface area (Å²) in [5, 5.41) is 5.26. The molecule has 3 N–H and O–H groups in total. The van der Waals surface area contributed by atoms with Gasteiger partial charge in [-0.05, 0) is 38.0 Å². The highest BCUT2D eigenvalue weighted by atomic mass is 32.2. The number of nitrogens with zero attached hydrogens (tertiary/aromatic N) is 1. The summed E-state index contributed by atoms with van der Waals surface area (Å²) in [6, 6.07) is 5.69. The Balaban J connectivity index is 1.97. The number of hydrogen-bond acceptors (Lipinski definition) is 5. The van der Waals surface area contributed by atoms with Crippen molar-refractivity contribution in [1.82, 2.24) is 4.98 Å². The molecule has 1 aromatic carbocycles. The molecule has 0 saturated carbocycles. The third-order valence-corrected chi connectivity index (χ3v) is 5.72. The summed E-state index contributed by atoms with van der Waals surface area (Å²) in [4.78, 5) is 4.28. The van der Waals surface area contributed by atoms with Crippen molar-refractivity contribution in [2.75, 3.05) is 22.6 Å². The van der Waals surface area contributed by atoms with Crippen molar-refractivity contribution >= 4 is 32.0 Å². The third-order valence-electron chi connectivity index (χ3n) is 3.89. The largest absolute Gasteiger partial charge is 0.398 e. The Morgan fingerprint density at radius 3 is 2.90 bits per heavy atom. The van der Waals surface area contributed by atoms with Crippen LogP contribution in [0.1, 0.15) is 18.5 Å². The summed E-state index contributed by atoms with van der Waals surface area (Å²) in [5.41, 5.74) is 8.50. The van der Waals surface area contributed by atoms with Gasteiger partial charge in [-0.3, -0.25) is 4.98 Å². The van der Waals surface area contributed by atoms with E-state index in [1.54, 1.807) is 6.20 Å². The van der Waals surface area contributed by atoms with Crippen LogP contribution >= 0.6 is 0 Å². The topological polar surface area (TPSA) is 85.1 Å². The van der Waals surface area contributed by atoms with Gasteiger partial charge in [0.1, 0.15) is 0 Å². The molecule has 0 spiro atoms. The fraction of sp³-hybridized carbons (Fsp3) is 0.400. The Morgan fingerprint density at radius 1 is 1.33 bits per heavy atom. The van der Waals surface area contributed by atoms with Crippen molar-refractivity contribution in [1.29, 1.82) is 0 Å². The van der Waals surface area contributed by atoms with Crippen LogP contribution in [0, 0.1) is 6.92 Å². The van der Waals surface area contributed by atoms with E-state index in [0.717, 1.165) is 28.6 Å². The lowest BCUT2D eigenvalue weighted by Gasteiger charge is -2.25. The van der Waals surface area contributed by atoms with Crippen LogP contribution in [0.5, 0.6) is 0 Å². The van der Waals surface area contributed by atoms with Crippen molar-refractivity contribution in [3.8, 4) is 0 Å². The van der Waals surface area contributed by atoms with E-state index in [1.807, 2.05) is 25.1 Å². The first-order valence-corrected chi connectivity index (χ1v) is 8.88. The number of aryl methyl sites for hydroxylation is 1. The van der Waals surface area contributed by atoms with Gasteiger partial charge in [0.2, 0.25) is 0 Å². The molecular formula is C15H19N3O2S. The zero-order valence-electron chi connectivity index (χ0n) is 12.0. The van der Waals surface area contributed by atoms with Gasteiger partial charge in [-0.1, -0.05) is 0 Å². The van der Waals surface area contributed by atoms with E-state index in [1.165, 1.54) is 0 Å². The summed E-state index contributed by atoms with van der Waals surface area (Å²) in [6.45, 7) is 1.93. The molecule has 0 radical (unpaired) electrons. The number of rotatable bonds is 2. The van der Waals surface area contributed by atoms with Crippen LogP contribution in [-0.2, 0) is 9.84 Å². The van der Waals surface area contributed by atoms with Crippen LogP contribution in [-0.4, -0.2) is 30.9 Å². The zero-order chi connectivity index (χ0) is 15.0. The summed E-state index contributed by atoms with van der Waals surface area (Å²) in [7, 11) is -2.92. The number of anilines is 2. The Morgan fingerprint density at radius 2 is 2.14 bits per heavy atom. The normalized spacial score (nSPS) is 21.3. The number of pyridine rings is 1. The number of nitrogen functional groups attached to an aromatic ring is 1. The lowest BCUT2D eigenvalue weighted by molar-refractivity contribution is 0.562. The van der Waals surface area contributed by atoms with Gasteiger partial charge in [-0.2, -0.15) is 0 Å². The van der Waals surface area contributed by atoms with Crippen LogP contribution in [0.4, 0.5) is 11.4 Å². The van der Waals surface area contributed by atoms with E-state index in [9.17, 15) is 8.42 Å². The molecule has 1 saturated heterocycles. The molecule has 2 heterocycles. The van der Waals surface area contributed by atoms with E-state index in [-0.39, 0.29) is 11.8 Å². The molecule has 3 rings (SSSR count). The molecule has 0 amide bonds. The molecule has 1 fully saturated rings. The molecule has 2 aromatic rings. The molecule has 1 unspecified atom stereocenters. The van der Waals surface area contributed by atoms with Gasteiger partial charge in [0.25, 0.3) is 0 Å². The van der Waals surface area contributed by atoms with Gasteiger partial charge in [0.05, 0.1) is 11.5 Å². The maximum atomic E-state index is 11.8. The highest BCUT2D eigenvalue weighted by Gasteiger charge is 2.25. The van der Waals surface area contributed by atoms with E-state index in [4.69, 9.17) is 5.73 Å². The first-order chi connectivity index (χ1) is 9.94. The quantitative estimate of drug-likeness (QED) is 0.830. The smallest absolute Gasteiger partial charge is 0.152 e. The van der Waals surface area contributed by atoms with Gasteiger partial charge in [0, 0.05) is 40.1 Å². The van der Waals surface area contributed by atoms with Crippen molar-refractivity contribution < 1.29 is 8.42 Å². The fourth-order valence-electron chi connectivity index (χ4n) is 2.85. The maximum absolute atomic E-state index is 11.8. The standard InChI is InChI=1S/C15H19N3O2S/c1-10-7-12-13(8-17-10)14(16)4-5-15(12)18-11-3-2-6-21(19,20)9-11/h4-5,7-8,11,18H,2-3,6,9,16H2,1H3. The van der Waals surface area contributed by atoms with Gasteiger partial charge < -0.3 is 11.1 Å². The fourth-order valence-corrected chi connectivity index (χ4v) is 4.48. The minimum atomic E-state index is -2.92. The van der Waals surface area contributed by atoms with Crippen LogP contribution in [0.25, 0.3) is 10.8 Å².